The van der Waals surface area contributed by atoms with E-state index >= 15 is 0 Å². The van der Waals surface area contributed by atoms with Crippen molar-refractivity contribution >= 4 is 11.8 Å². The van der Waals surface area contributed by atoms with Crippen molar-refractivity contribution < 1.29 is 0 Å². The Morgan fingerprint density at radius 1 is 1.14 bits per heavy atom. The summed E-state index contributed by atoms with van der Waals surface area (Å²) in [7, 11) is 0. The van der Waals surface area contributed by atoms with Gasteiger partial charge < -0.3 is 5.32 Å². The molecule has 1 aromatic carbocycles. The fraction of sp³-hybridized carbons (Fsp3) is 0.500. The maximum Gasteiger partial charge on any atom is 0.0185 e. The van der Waals surface area contributed by atoms with Crippen LogP contribution in [0.3, 0.4) is 0 Å². The highest BCUT2D eigenvalue weighted by atomic mass is 32.2. The molecule has 1 rings (SSSR count). The van der Waals surface area contributed by atoms with Crippen molar-refractivity contribution in [2.45, 2.75) is 19.1 Å². The normalized spacial score (nSPS) is 10.4. The molecule has 0 saturated heterocycles. The van der Waals surface area contributed by atoms with Gasteiger partial charge in [0.25, 0.3) is 0 Å². The van der Waals surface area contributed by atoms with Gasteiger partial charge in [-0.25, -0.2) is 0 Å². The van der Waals surface area contributed by atoms with Crippen molar-refractivity contribution in [1.82, 2.24) is 5.32 Å². The minimum absolute atomic E-state index is 1.13. The molecule has 0 aromatic heterocycles. The molecule has 1 aromatic rings. The van der Waals surface area contributed by atoms with Crippen LogP contribution in [0.5, 0.6) is 0 Å². The van der Waals surface area contributed by atoms with E-state index in [1.807, 2.05) is 11.8 Å². The number of hydrogen-bond donors (Lipinski definition) is 1. The summed E-state index contributed by atoms with van der Waals surface area (Å²) in [5.41, 5.74) is 1.42. The number of thioether (sulfide) groups is 1. The quantitative estimate of drug-likeness (QED) is 0.693. The summed E-state index contributed by atoms with van der Waals surface area (Å²) in [5.74, 6) is 2.34. The van der Waals surface area contributed by atoms with Gasteiger partial charge in [-0.3, -0.25) is 0 Å². The highest BCUT2D eigenvalue weighted by Crippen LogP contribution is 2.10. The fourth-order valence-corrected chi connectivity index (χ4v) is 2.07. The van der Waals surface area contributed by atoms with Gasteiger partial charge in [-0.2, -0.15) is 11.8 Å². The van der Waals surface area contributed by atoms with Gasteiger partial charge in [0.15, 0.2) is 0 Å². The van der Waals surface area contributed by atoms with E-state index in [-0.39, 0.29) is 0 Å². The minimum Gasteiger partial charge on any atom is -0.316 e. The molecule has 78 valence electrons. The third-order valence-corrected chi connectivity index (χ3v) is 2.99. The van der Waals surface area contributed by atoms with E-state index in [0.717, 1.165) is 18.8 Å². The van der Waals surface area contributed by atoms with Crippen LogP contribution in [0, 0.1) is 0 Å². The van der Waals surface area contributed by atoms with Gasteiger partial charge in [-0.15, -0.1) is 0 Å². The largest absolute Gasteiger partial charge is 0.316 e. The zero-order valence-corrected chi connectivity index (χ0v) is 9.65. The second kappa shape index (κ2) is 7.89. The second-order valence-electron chi connectivity index (χ2n) is 3.29. The van der Waals surface area contributed by atoms with Gasteiger partial charge in [-0.1, -0.05) is 37.3 Å². The molecule has 1 nitrogen and oxygen atoms in total. The summed E-state index contributed by atoms with van der Waals surface area (Å²) >= 11 is 1.99. The summed E-state index contributed by atoms with van der Waals surface area (Å²) in [6.07, 6.45) is 1.23. The lowest BCUT2D eigenvalue weighted by molar-refractivity contribution is 0.707. The van der Waals surface area contributed by atoms with E-state index in [0.29, 0.717) is 0 Å². The molecule has 0 bridgehead atoms. The Morgan fingerprint density at radius 3 is 2.64 bits per heavy atom. The molecule has 0 fully saturated rings. The van der Waals surface area contributed by atoms with Crippen LogP contribution < -0.4 is 5.32 Å². The second-order valence-corrected chi connectivity index (χ2v) is 4.39. The molecule has 2 heteroatoms. The highest BCUT2D eigenvalue weighted by molar-refractivity contribution is 7.98. The molecule has 0 aliphatic carbocycles. The van der Waals surface area contributed by atoms with E-state index in [1.54, 1.807) is 0 Å². The number of nitrogens with one attached hydrogen (secondary N) is 1. The molecule has 0 heterocycles. The molecule has 0 radical (unpaired) electrons. The lowest BCUT2D eigenvalue weighted by Gasteiger charge is -2.03. The Hall–Kier alpha value is -0.470. The first-order valence-electron chi connectivity index (χ1n) is 5.26. The van der Waals surface area contributed by atoms with Crippen molar-refractivity contribution in [2.75, 3.05) is 18.8 Å². The third-order valence-electron chi connectivity index (χ3n) is 1.96. The van der Waals surface area contributed by atoms with Crippen molar-refractivity contribution in [1.29, 1.82) is 0 Å². The van der Waals surface area contributed by atoms with Crippen molar-refractivity contribution in [2.24, 2.45) is 0 Å². The van der Waals surface area contributed by atoms with Crippen LogP contribution in [0.15, 0.2) is 30.3 Å². The van der Waals surface area contributed by atoms with Crippen LogP contribution in [0.1, 0.15) is 18.9 Å². The number of hydrogen-bond acceptors (Lipinski definition) is 2. The first-order valence-corrected chi connectivity index (χ1v) is 6.41. The molecule has 0 saturated carbocycles. The molecule has 14 heavy (non-hydrogen) atoms. The average Bonchev–Trinajstić information content (AvgIpc) is 2.25. The fourth-order valence-electron chi connectivity index (χ4n) is 1.21. The first kappa shape index (κ1) is 11.6. The van der Waals surface area contributed by atoms with Gasteiger partial charge in [0.2, 0.25) is 0 Å². The van der Waals surface area contributed by atoms with Gasteiger partial charge >= 0.3 is 0 Å². The van der Waals surface area contributed by atoms with Crippen LogP contribution in [0.4, 0.5) is 0 Å². The summed E-state index contributed by atoms with van der Waals surface area (Å²) < 4.78 is 0. The average molecular weight is 209 g/mol. The molecule has 0 unspecified atom stereocenters. The van der Waals surface area contributed by atoms with Crippen molar-refractivity contribution in [3.63, 3.8) is 0 Å². The number of benzene rings is 1. The lowest BCUT2D eigenvalue weighted by atomic mass is 10.2. The zero-order valence-electron chi connectivity index (χ0n) is 8.83. The molecular formula is C12H19NS. The Bertz CT molecular complexity index is 223. The van der Waals surface area contributed by atoms with Crippen molar-refractivity contribution in [3.8, 4) is 0 Å². The van der Waals surface area contributed by atoms with E-state index in [1.165, 1.54) is 17.7 Å². The molecule has 1 N–H and O–H groups in total. The van der Waals surface area contributed by atoms with Crippen LogP contribution in [-0.4, -0.2) is 18.8 Å². The van der Waals surface area contributed by atoms with Gasteiger partial charge in [-0.05, 0) is 18.5 Å². The first-order chi connectivity index (χ1) is 6.93. The van der Waals surface area contributed by atoms with Crippen LogP contribution >= 0.6 is 11.8 Å². The summed E-state index contributed by atoms with van der Waals surface area (Å²) in [6.45, 7) is 4.47. The van der Waals surface area contributed by atoms with Gasteiger partial charge in [0, 0.05) is 18.1 Å². The molecule has 0 spiro atoms. The van der Waals surface area contributed by atoms with Gasteiger partial charge in [0.05, 0.1) is 0 Å². The summed E-state index contributed by atoms with van der Waals surface area (Å²) in [6, 6.07) is 10.6. The lowest BCUT2D eigenvalue weighted by Crippen LogP contribution is -2.17. The Kier molecular flexibility index (Phi) is 6.54. The minimum atomic E-state index is 1.13. The molecular weight excluding hydrogens is 190 g/mol. The third kappa shape index (κ3) is 5.30. The molecule has 0 aliphatic rings. The molecule has 0 amide bonds. The predicted octanol–water partition coefficient (Wildman–Crippen LogP) is 2.92. The summed E-state index contributed by atoms with van der Waals surface area (Å²) in [5, 5.41) is 3.40. The Morgan fingerprint density at radius 2 is 1.93 bits per heavy atom. The SMILES string of the molecule is CCCNCCSCc1ccccc1. The van der Waals surface area contributed by atoms with E-state index in [9.17, 15) is 0 Å². The van der Waals surface area contributed by atoms with E-state index in [2.05, 4.69) is 42.6 Å². The molecule has 0 aliphatic heterocycles. The summed E-state index contributed by atoms with van der Waals surface area (Å²) in [4.78, 5) is 0. The Balaban J connectivity index is 1.99. The van der Waals surface area contributed by atoms with Crippen LogP contribution in [-0.2, 0) is 5.75 Å². The van der Waals surface area contributed by atoms with E-state index in [4.69, 9.17) is 0 Å². The van der Waals surface area contributed by atoms with Crippen molar-refractivity contribution in [3.05, 3.63) is 35.9 Å². The number of rotatable bonds is 7. The predicted molar refractivity (Wildman–Crippen MR) is 65.8 cm³/mol. The Labute approximate surface area is 91.3 Å². The maximum absolute atomic E-state index is 3.40. The maximum atomic E-state index is 3.40. The van der Waals surface area contributed by atoms with E-state index < -0.39 is 0 Å². The highest BCUT2D eigenvalue weighted by Gasteiger charge is 1.91. The zero-order chi connectivity index (χ0) is 10.1. The van der Waals surface area contributed by atoms with Crippen LogP contribution in [0.25, 0.3) is 0 Å². The van der Waals surface area contributed by atoms with Crippen LogP contribution in [0.2, 0.25) is 0 Å². The molecule has 0 atom stereocenters. The standard InChI is InChI=1S/C12H19NS/c1-2-8-13-9-10-14-11-12-6-4-3-5-7-12/h3-7,13H,2,8-11H2,1H3. The monoisotopic (exact) mass is 209 g/mol. The smallest absolute Gasteiger partial charge is 0.0185 e. The topological polar surface area (TPSA) is 12.0 Å². The van der Waals surface area contributed by atoms with Gasteiger partial charge in [0.1, 0.15) is 0 Å².